The van der Waals surface area contributed by atoms with E-state index in [9.17, 15) is 18.5 Å². The highest BCUT2D eigenvalue weighted by atomic mass is 32.2. The third-order valence-electron chi connectivity index (χ3n) is 2.84. The Morgan fingerprint density at radius 2 is 1.95 bits per heavy atom. The van der Waals surface area contributed by atoms with Crippen LogP contribution in [0.4, 0.5) is 5.69 Å². The normalized spacial score (nSPS) is 13.0. The average Bonchev–Trinajstić information content (AvgIpc) is 2.90. The predicted molar refractivity (Wildman–Crippen MR) is 75.3 cm³/mol. The second-order valence-electron chi connectivity index (χ2n) is 4.61. The van der Waals surface area contributed by atoms with Crippen molar-refractivity contribution < 1.29 is 17.8 Å². The molecule has 0 radical (unpaired) electrons. The van der Waals surface area contributed by atoms with Crippen LogP contribution in [0, 0.1) is 10.1 Å². The molecule has 1 unspecified atom stereocenters. The van der Waals surface area contributed by atoms with E-state index in [4.69, 9.17) is 4.42 Å². The number of sulfonamides is 1. The Kier molecular flexibility index (Phi) is 4.39. The number of nitro benzene ring substituents is 1. The van der Waals surface area contributed by atoms with Gasteiger partial charge in [-0.25, -0.2) is 13.1 Å². The van der Waals surface area contributed by atoms with Crippen molar-refractivity contribution in [1.29, 1.82) is 0 Å². The molecule has 0 aliphatic carbocycles. The van der Waals surface area contributed by atoms with Gasteiger partial charge in [0.15, 0.2) is 0 Å². The van der Waals surface area contributed by atoms with Crippen molar-refractivity contribution in [3.05, 3.63) is 58.5 Å². The van der Waals surface area contributed by atoms with Gasteiger partial charge in [-0.3, -0.25) is 10.1 Å². The highest BCUT2D eigenvalue weighted by Gasteiger charge is 2.18. The van der Waals surface area contributed by atoms with E-state index in [1.807, 2.05) is 0 Å². The second kappa shape index (κ2) is 6.06. The number of hydrogen-bond acceptors (Lipinski definition) is 5. The van der Waals surface area contributed by atoms with Crippen LogP contribution in [0.5, 0.6) is 0 Å². The molecule has 1 aromatic heterocycles. The Morgan fingerprint density at radius 3 is 2.48 bits per heavy atom. The molecule has 0 saturated carbocycles. The molecule has 7 nitrogen and oxygen atoms in total. The summed E-state index contributed by atoms with van der Waals surface area (Å²) in [6.07, 6.45) is 3.56. The zero-order valence-corrected chi connectivity index (χ0v) is 12.0. The van der Waals surface area contributed by atoms with Gasteiger partial charge in [-0.15, -0.1) is 0 Å². The maximum Gasteiger partial charge on any atom is 0.269 e. The van der Waals surface area contributed by atoms with Crippen LogP contribution in [0.3, 0.4) is 0 Å². The average molecular weight is 310 g/mol. The van der Waals surface area contributed by atoms with Crippen molar-refractivity contribution in [2.45, 2.75) is 24.3 Å². The lowest BCUT2D eigenvalue weighted by atomic mass is 10.1. The van der Waals surface area contributed by atoms with Crippen LogP contribution >= 0.6 is 0 Å². The summed E-state index contributed by atoms with van der Waals surface area (Å²) < 4.78 is 31.7. The standard InChI is InChI=1S/C13H14N2O5S/c1-10(8-11-6-7-20-9-11)14-21(18,19)13-4-2-12(3-5-13)15(16)17/h2-7,9-10,14H,8H2,1H3. The number of furan rings is 1. The van der Waals surface area contributed by atoms with Gasteiger partial charge in [0.05, 0.1) is 22.3 Å². The number of nitrogens with one attached hydrogen (secondary N) is 1. The van der Waals surface area contributed by atoms with Gasteiger partial charge in [0.1, 0.15) is 0 Å². The zero-order valence-electron chi connectivity index (χ0n) is 11.2. The number of hydrogen-bond donors (Lipinski definition) is 1. The molecule has 2 aromatic rings. The Hall–Kier alpha value is -2.19. The molecular weight excluding hydrogens is 296 g/mol. The first kappa shape index (κ1) is 15.2. The van der Waals surface area contributed by atoms with Crippen molar-refractivity contribution in [3.8, 4) is 0 Å². The van der Waals surface area contributed by atoms with Crippen LogP contribution in [-0.4, -0.2) is 19.4 Å². The maximum atomic E-state index is 12.1. The van der Waals surface area contributed by atoms with Gasteiger partial charge in [-0.1, -0.05) is 0 Å². The van der Waals surface area contributed by atoms with E-state index < -0.39 is 14.9 Å². The molecule has 0 saturated heterocycles. The van der Waals surface area contributed by atoms with E-state index >= 15 is 0 Å². The molecule has 2 rings (SSSR count). The van der Waals surface area contributed by atoms with Gasteiger partial charge in [0.2, 0.25) is 10.0 Å². The lowest BCUT2D eigenvalue weighted by Gasteiger charge is -2.13. The molecule has 1 N–H and O–H groups in total. The monoisotopic (exact) mass is 310 g/mol. The fourth-order valence-electron chi connectivity index (χ4n) is 1.88. The summed E-state index contributed by atoms with van der Waals surface area (Å²) in [7, 11) is -3.71. The minimum Gasteiger partial charge on any atom is -0.472 e. The molecule has 0 amide bonds. The molecule has 0 bridgehead atoms. The van der Waals surface area contributed by atoms with Gasteiger partial charge in [-0.2, -0.15) is 0 Å². The van der Waals surface area contributed by atoms with Crippen LogP contribution < -0.4 is 4.72 Å². The third kappa shape index (κ3) is 3.89. The second-order valence-corrected chi connectivity index (χ2v) is 6.32. The lowest BCUT2D eigenvalue weighted by molar-refractivity contribution is -0.384. The van der Waals surface area contributed by atoms with Gasteiger partial charge in [-0.05, 0) is 37.1 Å². The van der Waals surface area contributed by atoms with Crippen LogP contribution in [0.25, 0.3) is 0 Å². The van der Waals surface area contributed by atoms with E-state index in [1.165, 1.54) is 18.4 Å². The first-order valence-electron chi connectivity index (χ1n) is 6.16. The summed E-state index contributed by atoms with van der Waals surface area (Å²) in [5.41, 5.74) is 0.731. The molecule has 1 heterocycles. The highest BCUT2D eigenvalue weighted by Crippen LogP contribution is 2.16. The first-order valence-corrected chi connectivity index (χ1v) is 7.64. The summed E-state index contributed by atoms with van der Waals surface area (Å²) in [6.45, 7) is 1.73. The number of rotatable bonds is 6. The van der Waals surface area contributed by atoms with Crippen LogP contribution in [0.1, 0.15) is 12.5 Å². The fraction of sp³-hybridized carbons (Fsp3) is 0.231. The topological polar surface area (TPSA) is 102 Å². The molecule has 0 aliphatic heterocycles. The number of benzene rings is 1. The molecule has 21 heavy (non-hydrogen) atoms. The Morgan fingerprint density at radius 1 is 1.29 bits per heavy atom. The van der Waals surface area contributed by atoms with Gasteiger partial charge in [0.25, 0.3) is 5.69 Å². The molecule has 0 spiro atoms. The van der Waals surface area contributed by atoms with E-state index in [-0.39, 0.29) is 16.6 Å². The largest absolute Gasteiger partial charge is 0.472 e. The van der Waals surface area contributed by atoms with Crippen LogP contribution in [0.2, 0.25) is 0 Å². The van der Waals surface area contributed by atoms with Crippen molar-refractivity contribution >= 4 is 15.7 Å². The smallest absolute Gasteiger partial charge is 0.269 e. The van der Waals surface area contributed by atoms with Crippen molar-refractivity contribution in [2.75, 3.05) is 0 Å². The van der Waals surface area contributed by atoms with Crippen LogP contribution in [0.15, 0.2) is 52.2 Å². The quantitative estimate of drug-likeness (QED) is 0.650. The third-order valence-corrected chi connectivity index (χ3v) is 4.44. The number of nitrogens with zero attached hydrogens (tertiary/aromatic N) is 1. The molecule has 112 valence electrons. The van der Waals surface area contributed by atoms with E-state index in [0.29, 0.717) is 6.42 Å². The minimum atomic E-state index is -3.71. The van der Waals surface area contributed by atoms with Crippen molar-refractivity contribution in [2.24, 2.45) is 0 Å². The van der Waals surface area contributed by atoms with Gasteiger partial charge >= 0.3 is 0 Å². The lowest BCUT2D eigenvalue weighted by Crippen LogP contribution is -2.34. The Balaban J connectivity index is 2.08. The summed E-state index contributed by atoms with van der Waals surface area (Å²) in [4.78, 5) is 9.96. The Labute approximate surface area is 121 Å². The molecule has 8 heteroatoms. The summed E-state index contributed by atoms with van der Waals surface area (Å²) in [6, 6.07) is 6.18. The predicted octanol–water partition coefficient (Wildman–Crippen LogP) is 2.10. The molecule has 0 fully saturated rings. The summed E-state index contributed by atoms with van der Waals surface area (Å²) in [5, 5.41) is 10.5. The van der Waals surface area contributed by atoms with Gasteiger partial charge in [0, 0.05) is 18.2 Å². The SMILES string of the molecule is CC(Cc1ccoc1)NS(=O)(=O)c1ccc([N+](=O)[O-])cc1. The van der Waals surface area contributed by atoms with E-state index in [1.54, 1.807) is 19.3 Å². The molecule has 1 aromatic carbocycles. The number of nitro groups is 1. The minimum absolute atomic E-state index is 0.00727. The summed E-state index contributed by atoms with van der Waals surface area (Å²) in [5.74, 6) is 0. The maximum absolute atomic E-state index is 12.1. The van der Waals surface area contributed by atoms with Crippen molar-refractivity contribution in [3.63, 3.8) is 0 Å². The van der Waals surface area contributed by atoms with Crippen LogP contribution in [-0.2, 0) is 16.4 Å². The number of non-ortho nitro benzene ring substituents is 1. The van der Waals surface area contributed by atoms with Gasteiger partial charge < -0.3 is 4.42 Å². The van der Waals surface area contributed by atoms with E-state index in [2.05, 4.69) is 4.72 Å². The fourth-order valence-corrected chi connectivity index (χ4v) is 3.13. The molecular formula is C13H14N2O5S. The zero-order chi connectivity index (χ0) is 15.5. The first-order chi connectivity index (χ1) is 9.88. The Bertz CT molecular complexity index is 708. The van der Waals surface area contributed by atoms with E-state index in [0.717, 1.165) is 17.7 Å². The summed E-state index contributed by atoms with van der Waals surface area (Å²) >= 11 is 0. The molecule has 0 aliphatic rings. The van der Waals surface area contributed by atoms with Crippen molar-refractivity contribution in [1.82, 2.24) is 4.72 Å². The highest BCUT2D eigenvalue weighted by molar-refractivity contribution is 7.89. The molecule has 1 atom stereocenters.